The number of Topliss-reactive ketones (excluding diaryl/α,β-unsaturated/α-hetero) is 1. The minimum atomic E-state index is -4.56. The summed E-state index contributed by atoms with van der Waals surface area (Å²) < 4.78 is 39.1. The third-order valence-corrected chi connectivity index (χ3v) is 3.91. The predicted octanol–water partition coefficient (Wildman–Crippen LogP) is 3.61. The molecule has 0 aliphatic carbocycles. The average Bonchev–Trinajstić information content (AvgIpc) is 2.91. The second-order valence-electron chi connectivity index (χ2n) is 5.56. The number of hydrogen-bond acceptors (Lipinski definition) is 4. The number of fused-ring (bicyclic) bond motifs is 1. The van der Waals surface area contributed by atoms with Crippen LogP contribution in [-0.2, 0) is 11.3 Å². The van der Waals surface area contributed by atoms with Gasteiger partial charge in [0.25, 0.3) is 0 Å². The number of carbonyl (C=O) groups is 1. The Kier molecular flexibility index (Phi) is 4.23. The number of carbonyl (C=O) groups excluding carboxylic acids is 1. The van der Waals surface area contributed by atoms with Crippen LogP contribution >= 0.6 is 11.6 Å². The SMILES string of the molecule is CC(=O)C1NN(Cc2ccc3ncc(Cl)cc3c2)C=C1C(F)(F)F. The second-order valence-corrected chi connectivity index (χ2v) is 6.00. The lowest BCUT2D eigenvalue weighted by atomic mass is 10.1. The summed E-state index contributed by atoms with van der Waals surface area (Å²) in [4.78, 5) is 15.6. The molecule has 0 spiro atoms. The highest BCUT2D eigenvalue weighted by atomic mass is 35.5. The minimum absolute atomic E-state index is 0.172. The van der Waals surface area contributed by atoms with E-state index in [2.05, 4.69) is 10.4 Å². The molecule has 4 nitrogen and oxygen atoms in total. The maximum atomic E-state index is 13.0. The van der Waals surface area contributed by atoms with Crippen LogP contribution in [0, 0.1) is 0 Å². The first-order valence-corrected chi connectivity index (χ1v) is 7.48. The first-order valence-electron chi connectivity index (χ1n) is 7.10. The number of benzene rings is 1. The zero-order valence-corrected chi connectivity index (χ0v) is 13.3. The van der Waals surface area contributed by atoms with Crippen molar-refractivity contribution in [3.63, 3.8) is 0 Å². The zero-order valence-electron chi connectivity index (χ0n) is 12.6. The van der Waals surface area contributed by atoms with E-state index in [1.807, 2.05) is 0 Å². The van der Waals surface area contributed by atoms with Crippen molar-refractivity contribution in [2.24, 2.45) is 0 Å². The molecule has 1 aliphatic rings. The van der Waals surface area contributed by atoms with E-state index in [0.717, 1.165) is 29.6 Å². The van der Waals surface area contributed by atoms with Crippen LogP contribution in [0.2, 0.25) is 5.02 Å². The van der Waals surface area contributed by atoms with E-state index in [0.29, 0.717) is 5.02 Å². The van der Waals surface area contributed by atoms with Crippen molar-refractivity contribution in [3.05, 3.63) is 52.8 Å². The van der Waals surface area contributed by atoms with Gasteiger partial charge in [-0.3, -0.25) is 9.78 Å². The second kappa shape index (κ2) is 6.07. The fraction of sp³-hybridized carbons (Fsp3) is 0.250. The highest BCUT2D eigenvalue weighted by Gasteiger charge is 2.44. The molecular formula is C16H13ClF3N3O. The fourth-order valence-corrected chi connectivity index (χ4v) is 2.77. The highest BCUT2D eigenvalue weighted by molar-refractivity contribution is 6.31. The summed E-state index contributed by atoms with van der Waals surface area (Å²) in [6.07, 6.45) is -2.09. The minimum Gasteiger partial charge on any atom is -0.310 e. The number of halogens is 4. The van der Waals surface area contributed by atoms with Gasteiger partial charge in [-0.2, -0.15) is 13.2 Å². The molecule has 8 heteroatoms. The summed E-state index contributed by atoms with van der Waals surface area (Å²) in [5.41, 5.74) is 3.20. The Balaban J connectivity index is 1.86. The van der Waals surface area contributed by atoms with Crippen LogP contribution in [0.4, 0.5) is 13.2 Å². The van der Waals surface area contributed by atoms with Gasteiger partial charge in [0, 0.05) is 17.8 Å². The number of alkyl halides is 3. The number of ketones is 1. The maximum absolute atomic E-state index is 13.0. The van der Waals surface area contributed by atoms with Gasteiger partial charge in [-0.25, -0.2) is 5.43 Å². The monoisotopic (exact) mass is 355 g/mol. The van der Waals surface area contributed by atoms with E-state index in [-0.39, 0.29) is 6.54 Å². The quantitative estimate of drug-likeness (QED) is 0.913. The van der Waals surface area contributed by atoms with Crippen molar-refractivity contribution < 1.29 is 18.0 Å². The number of hydrazine groups is 1. The van der Waals surface area contributed by atoms with Crippen molar-refractivity contribution in [2.75, 3.05) is 0 Å². The third kappa shape index (κ3) is 3.37. The van der Waals surface area contributed by atoms with Crippen LogP contribution in [-0.4, -0.2) is 28.0 Å². The summed E-state index contributed by atoms with van der Waals surface area (Å²) in [5.74, 6) is -0.587. The Morgan fingerprint density at radius 2 is 2.12 bits per heavy atom. The molecule has 0 saturated carbocycles. The van der Waals surface area contributed by atoms with E-state index in [1.54, 1.807) is 24.3 Å². The van der Waals surface area contributed by atoms with Crippen molar-refractivity contribution in [1.29, 1.82) is 0 Å². The molecule has 0 amide bonds. The van der Waals surface area contributed by atoms with Crippen LogP contribution < -0.4 is 5.43 Å². The summed E-state index contributed by atoms with van der Waals surface area (Å²) >= 11 is 5.91. The van der Waals surface area contributed by atoms with E-state index in [1.165, 1.54) is 11.2 Å². The molecule has 0 bridgehead atoms. The molecule has 2 heterocycles. The van der Waals surface area contributed by atoms with Crippen molar-refractivity contribution in [2.45, 2.75) is 25.7 Å². The molecule has 0 saturated heterocycles. The van der Waals surface area contributed by atoms with Gasteiger partial charge in [-0.05, 0) is 30.7 Å². The highest BCUT2D eigenvalue weighted by Crippen LogP contribution is 2.32. The van der Waals surface area contributed by atoms with Crippen molar-refractivity contribution in [3.8, 4) is 0 Å². The van der Waals surface area contributed by atoms with Gasteiger partial charge >= 0.3 is 6.18 Å². The predicted molar refractivity (Wildman–Crippen MR) is 84.0 cm³/mol. The molecule has 24 heavy (non-hydrogen) atoms. The first kappa shape index (κ1) is 16.7. The molecular weight excluding hydrogens is 343 g/mol. The van der Waals surface area contributed by atoms with Crippen molar-refractivity contribution in [1.82, 2.24) is 15.4 Å². The Morgan fingerprint density at radius 3 is 2.75 bits per heavy atom. The Labute approximate surface area is 140 Å². The van der Waals surface area contributed by atoms with Gasteiger partial charge in [0.15, 0.2) is 5.78 Å². The summed E-state index contributed by atoms with van der Waals surface area (Å²) in [7, 11) is 0. The average molecular weight is 356 g/mol. The van der Waals surface area contributed by atoms with Gasteiger partial charge in [-0.1, -0.05) is 17.7 Å². The van der Waals surface area contributed by atoms with Crippen LogP contribution in [0.25, 0.3) is 10.9 Å². The van der Waals surface area contributed by atoms with Crippen LogP contribution in [0.15, 0.2) is 42.2 Å². The van der Waals surface area contributed by atoms with Gasteiger partial charge in [0.05, 0.1) is 22.7 Å². The maximum Gasteiger partial charge on any atom is 0.416 e. The molecule has 0 radical (unpaired) electrons. The lowest BCUT2D eigenvalue weighted by Crippen LogP contribution is -2.41. The Morgan fingerprint density at radius 1 is 1.38 bits per heavy atom. The molecule has 1 atom stereocenters. The smallest absolute Gasteiger partial charge is 0.310 e. The molecule has 3 rings (SSSR count). The number of hydrogen-bond donors (Lipinski definition) is 1. The van der Waals surface area contributed by atoms with Gasteiger partial charge in [0.1, 0.15) is 6.04 Å². The normalized spacial score (nSPS) is 18.1. The number of pyridine rings is 1. The lowest BCUT2D eigenvalue weighted by Gasteiger charge is -2.19. The van der Waals surface area contributed by atoms with Crippen molar-refractivity contribution >= 4 is 28.3 Å². The standard InChI is InChI=1S/C16H13ClF3N3O/c1-9(24)15-13(16(18,19)20)8-23(22-15)7-10-2-3-14-11(4-10)5-12(17)6-21-14/h2-6,8,15,22H,7H2,1H3. The summed E-state index contributed by atoms with van der Waals surface area (Å²) in [6, 6.07) is 5.71. The largest absolute Gasteiger partial charge is 0.416 e. The summed E-state index contributed by atoms with van der Waals surface area (Å²) in [5, 5.41) is 2.55. The van der Waals surface area contributed by atoms with E-state index in [4.69, 9.17) is 11.6 Å². The van der Waals surface area contributed by atoms with Crippen LogP contribution in [0.1, 0.15) is 12.5 Å². The van der Waals surface area contributed by atoms with Gasteiger partial charge in [-0.15, -0.1) is 0 Å². The zero-order chi connectivity index (χ0) is 17.5. The molecule has 1 aromatic carbocycles. The fourth-order valence-electron chi connectivity index (χ4n) is 2.60. The number of nitrogens with one attached hydrogen (secondary N) is 1. The molecule has 1 aromatic heterocycles. The molecule has 1 unspecified atom stereocenters. The number of rotatable bonds is 3. The topological polar surface area (TPSA) is 45.2 Å². The molecule has 2 aromatic rings. The molecule has 126 valence electrons. The first-order chi connectivity index (χ1) is 11.2. The molecule has 1 N–H and O–H groups in total. The number of aromatic nitrogens is 1. The third-order valence-electron chi connectivity index (χ3n) is 3.70. The Hall–Kier alpha value is -2.12. The Bertz CT molecular complexity index is 835. The van der Waals surface area contributed by atoms with E-state index < -0.39 is 23.6 Å². The van der Waals surface area contributed by atoms with E-state index in [9.17, 15) is 18.0 Å². The lowest BCUT2D eigenvalue weighted by molar-refractivity contribution is -0.124. The molecule has 0 fully saturated rings. The van der Waals surface area contributed by atoms with E-state index >= 15 is 0 Å². The number of nitrogens with zero attached hydrogens (tertiary/aromatic N) is 2. The van der Waals surface area contributed by atoms with Crippen LogP contribution in [0.3, 0.4) is 0 Å². The van der Waals surface area contributed by atoms with Gasteiger partial charge in [0.2, 0.25) is 0 Å². The summed E-state index contributed by atoms with van der Waals surface area (Å²) in [6.45, 7) is 1.30. The van der Waals surface area contributed by atoms with Gasteiger partial charge < -0.3 is 5.01 Å². The molecule has 1 aliphatic heterocycles. The van der Waals surface area contributed by atoms with Crippen LogP contribution in [0.5, 0.6) is 0 Å².